The highest BCUT2D eigenvalue weighted by Crippen LogP contribution is 2.20. The lowest BCUT2D eigenvalue weighted by molar-refractivity contribution is -0.895. The van der Waals surface area contributed by atoms with Crippen LogP contribution in [0.15, 0.2) is 23.1 Å². The normalized spacial score (nSPS) is 17.8. The molecule has 0 bridgehead atoms. The number of hydrogen-bond donors (Lipinski definition) is 2. The van der Waals surface area contributed by atoms with Crippen LogP contribution in [0.25, 0.3) is 0 Å². The van der Waals surface area contributed by atoms with E-state index in [9.17, 15) is 13.2 Å². The highest BCUT2D eigenvalue weighted by molar-refractivity contribution is 7.89. The molecule has 0 aromatic heterocycles. The number of nitrogens with one attached hydrogen (secondary N) is 1. The summed E-state index contributed by atoms with van der Waals surface area (Å²) in [6.45, 7) is 6.05. The number of benzene rings is 1. The summed E-state index contributed by atoms with van der Waals surface area (Å²) in [5.41, 5.74) is 6.99. The average Bonchev–Trinajstić information content (AvgIpc) is 2.38. The summed E-state index contributed by atoms with van der Waals surface area (Å²) in [5, 5.41) is 0. The van der Waals surface area contributed by atoms with E-state index in [0.29, 0.717) is 31.1 Å². The Morgan fingerprint density at radius 3 is 2.43 bits per heavy atom. The van der Waals surface area contributed by atoms with Crippen LogP contribution in [0.3, 0.4) is 0 Å². The van der Waals surface area contributed by atoms with E-state index in [1.807, 2.05) is 26.0 Å². The van der Waals surface area contributed by atoms with E-state index < -0.39 is 10.0 Å². The number of piperazine rings is 1. The molecule has 1 amide bonds. The third kappa shape index (κ3) is 3.61. The largest absolute Gasteiger partial charge is 0.365 e. The topological polar surface area (TPSA) is 84.9 Å². The Morgan fingerprint density at radius 2 is 1.90 bits per heavy atom. The summed E-state index contributed by atoms with van der Waals surface area (Å²) in [6.07, 6.45) is 0. The molecule has 3 N–H and O–H groups in total. The second-order valence-corrected chi connectivity index (χ2v) is 7.47. The van der Waals surface area contributed by atoms with Gasteiger partial charge in [0.1, 0.15) is 0 Å². The Hall–Kier alpha value is -1.44. The molecule has 21 heavy (non-hydrogen) atoms. The van der Waals surface area contributed by atoms with Gasteiger partial charge in [0.05, 0.1) is 31.1 Å². The van der Waals surface area contributed by atoms with Gasteiger partial charge in [0.2, 0.25) is 10.0 Å². The van der Waals surface area contributed by atoms with Crippen LogP contribution in [0.4, 0.5) is 0 Å². The van der Waals surface area contributed by atoms with Crippen LogP contribution in [0.5, 0.6) is 0 Å². The maximum atomic E-state index is 12.7. The Kier molecular flexibility index (Phi) is 4.65. The van der Waals surface area contributed by atoms with Crippen LogP contribution in [0, 0.1) is 13.8 Å². The molecule has 0 aliphatic carbocycles. The van der Waals surface area contributed by atoms with Crippen molar-refractivity contribution < 1.29 is 18.1 Å². The molecule has 1 aliphatic rings. The first-order chi connectivity index (χ1) is 9.80. The number of amides is 1. The van der Waals surface area contributed by atoms with Crippen molar-refractivity contribution in [3.63, 3.8) is 0 Å². The van der Waals surface area contributed by atoms with Crippen molar-refractivity contribution in [2.45, 2.75) is 18.7 Å². The second kappa shape index (κ2) is 6.13. The van der Waals surface area contributed by atoms with Crippen LogP contribution >= 0.6 is 0 Å². The van der Waals surface area contributed by atoms with Crippen molar-refractivity contribution in [2.75, 3.05) is 32.7 Å². The number of quaternary nitrogens is 1. The lowest BCUT2D eigenvalue weighted by atomic mass is 10.2. The van der Waals surface area contributed by atoms with E-state index in [4.69, 9.17) is 5.73 Å². The standard InChI is InChI=1S/C14H21N3O3S/c1-11-3-4-13(12(2)9-11)21(19,20)17-7-5-16(6-8-17)10-14(15)18/h3-4,9H,5-8,10H2,1-2H3,(H2,15,18)/p+1. The molecule has 1 aliphatic heterocycles. The Bertz CT molecular complexity index is 635. The van der Waals surface area contributed by atoms with Gasteiger partial charge in [-0.25, -0.2) is 8.42 Å². The Morgan fingerprint density at radius 1 is 1.29 bits per heavy atom. The number of rotatable bonds is 4. The zero-order valence-electron chi connectivity index (χ0n) is 12.4. The average molecular weight is 312 g/mol. The predicted molar refractivity (Wildman–Crippen MR) is 79.4 cm³/mol. The van der Waals surface area contributed by atoms with Crippen LogP contribution in [-0.2, 0) is 14.8 Å². The van der Waals surface area contributed by atoms with Crippen LogP contribution in [-0.4, -0.2) is 51.4 Å². The van der Waals surface area contributed by atoms with Gasteiger partial charge in [-0.05, 0) is 25.5 Å². The molecule has 116 valence electrons. The zero-order chi connectivity index (χ0) is 15.6. The minimum atomic E-state index is -3.46. The summed E-state index contributed by atoms with van der Waals surface area (Å²) >= 11 is 0. The number of carbonyl (C=O) groups is 1. The monoisotopic (exact) mass is 312 g/mol. The number of sulfonamides is 1. The molecular formula is C14H22N3O3S+. The van der Waals surface area contributed by atoms with Gasteiger partial charge in [0, 0.05) is 0 Å². The molecule has 7 heteroatoms. The lowest BCUT2D eigenvalue weighted by Crippen LogP contribution is -3.15. The number of aryl methyl sites for hydroxylation is 2. The fraction of sp³-hybridized carbons (Fsp3) is 0.500. The molecule has 0 saturated carbocycles. The number of nitrogens with zero attached hydrogens (tertiary/aromatic N) is 1. The van der Waals surface area contributed by atoms with E-state index in [1.165, 1.54) is 4.31 Å². The fourth-order valence-corrected chi connectivity index (χ4v) is 4.34. The predicted octanol–water partition coefficient (Wildman–Crippen LogP) is -1.32. The van der Waals surface area contributed by atoms with Gasteiger partial charge in [0.25, 0.3) is 5.91 Å². The summed E-state index contributed by atoms with van der Waals surface area (Å²) in [5.74, 6) is -0.351. The van der Waals surface area contributed by atoms with E-state index in [-0.39, 0.29) is 12.5 Å². The summed E-state index contributed by atoms with van der Waals surface area (Å²) in [6, 6.07) is 5.36. The van der Waals surface area contributed by atoms with Crippen molar-refractivity contribution in [3.8, 4) is 0 Å². The molecule has 0 atom stereocenters. The van der Waals surface area contributed by atoms with Crippen molar-refractivity contribution in [1.29, 1.82) is 0 Å². The van der Waals surface area contributed by atoms with Gasteiger partial charge in [-0.2, -0.15) is 4.31 Å². The SMILES string of the molecule is Cc1ccc(S(=O)(=O)N2CC[NH+](CC(N)=O)CC2)c(C)c1. The third-order valence-corrected chi connectivity index (χ3v) is 5.86. The van der Waals surface area contributed by atoms with Crippen LogP contribution in [0.2, 0.25) is 0 Å². The molecule has 1 heterocycles. The van der Waals surface area contributed by atoms with Crippen LogP contribution in [0.1, 0.15) is 11.1 Å². The number of carbonyl (C=O) groups excluding carboxylic acids is 1. The fourth-order valence-electron chi connectivity index (χ4n) is 2.69. The highest BCUT2D eigenvalue weighted by Gasteiger charge is 2.31. The lowest BCUT2D eigenvalue weighted by Gasteiger charge is -2.31. The van der Waals surface area contributed by atoms with Gasteiger partial charge in [-0.3, -0.25) is 4.79 Å². The highest BCUT2D eigenvalue weighted by atomic mass is 32.2. The Labute approximate surface area is 125 Å². The van der Waals surface area contributed by atoms with Gasteiger partial charge in [-0.1, -0.05) is 17.7 Å². The van der Waals surface area contributed by atoms with Crippen molar-refractivity contribution in [2.24, 2.45) is 5.73 Å². The van der Waals surface area contributed by atoms with Gasteiger partial charge in [-0.15, -0.1) is 0 Å². The quantitative estimate of drug-likeness (QED) is 0.723. The zero-order valence-corrected chi connectivity index (χ0v) is 13.2. The number of nitrogens with two attached hydrogens (primary N) is 1. The molecule has 1 aromatic carbocycles. The van der Waals surface area contributed by atoms with Crippen molar-refractivity contribution in [3.05, 3.63) is 29.3 Å². The molecule has 1 fully saturated rings. The summed E-state index contributed by atoms with van der Waals surface area (Å²) < 4.78 is 26.8. The summed E-state index contributed by atoms with van der Waals surface area (Å²) in [4.78, 5) is 12.3. The molecule has 1 aromatic rings. The van der Waals surface area contributed by atoms with E-state index in [2.05, 4.69) is 0 Å². The van der Waals surface area contributed by atoms with Gasteiger partial charge < -0.3 is 10.6 Å². The minimum Gasteiger partial charge on any atom is -0.365 e. The smallest absolute Gasteiger partial charge is 0.272 e. The van der Waals surface area contributed by atoms with Crippen molar-refractivity contribution >= 4 is 15.9 Å². The van der Waals surface area contributed by atoms with Gasteiger partial charge >= 0.3 is 0 Å². The van der Waals surface area contributed by atoms with Crippen molar-refractivity contribution in [1.82, 2.24) is 4.31 Å². The molecule has 1 saturated heterocycles. The number of primary amides is 1. The van der Waals surface area contributed by atoms with E-state index in [0.717, 1.165) is 16.0 Å². The van der Waals surface area contributed by atoms with Crippen LogP contribution < -0.4 is 10.6 Å². The summed E-state index contributed by atoms with van der Waals surface area (Å²) in [7, 11) is -3.46. The molecule has 0 unspecified atom stereocenters. The number of hydrogen-bond acceptors (Lipinski definition) is 3. The maximum absolute atomic E-state index is 12.7. The van der Waals surface area contributed by atoms with E-state index in [1.54, 1.807) is 6.07 Å². The first-order valence-electron chi connectivity index (χ1n) is 7.00. The Balaban J connectivity index is 2.13. The van der Waals surface area contributed by atoms with Gasteiger partial charge in [0.15, 0.2) is 6.54 Å². The molecule has 0 spiro atoms. The first-order valence-corrected chi connectivity index (χ1v) is 8.44. The molecule has 2 rings (SSSR count). The molecule has 0 radical (unpaired) electrons. The molecular weight excluding hydrogens is 290 g/mol. The maximum Gasteiger partial charge on any atom is 0.272 e. The minimum absolute atomic E-state index is 0.261. The first kappa shape index (κ1) is 15.9. The second-order valence-electron chi connectivity index (χ2n) is 5.57. The third-order valence-electron chi connectivity index (χ3n) is 3.80. The van der Waals surface area contributed by atoms with E-state index >= 15 is 0 Å². The molecule has 6 nitrogen and oxygen atoms in total.